The number of Topliss-reactive ketones (excluding diaryl/α,β-unsaturated/α-hetero) is 1. The van der Waals surface area contributed by atoms with Gasteiger partial charge in [0.15, 0.2) is 6.29 Å². The maximum atomic E-state index is 10.8. The summed E-state index contributed by atoms with van der Waals surface area (Å²) in [6.45, 7) is 116. The summed E-state index contributed by atoms with van der Waals surface area (Å²) in [5.74, 6) is 4.06. The van der Waals surface area contributed by atoms with Crippen LogP contribution in [-0.2, 0) is 14.3 Å². The van der Waals surface area contributed by atoms with E-state index in [1.165, 1.54) is 272 Å². The van der Waals surface area contributed by atoms with Gasteiger partial charge in [-0.3, -0.25) is 53.8 Å². The van der Waals surface area contributed by atoms with Crippen LogP contribution in [0, 0.1) is 5.92 Å². The number of aliphatic hydroxyl groups is 2. The Hall–Kier alpha value is -0.820. The zero-order valence-corrected chi connectivity index (χ0v) is 93.3. The predicted octanol–water partition coefficient (Wildman–Crippen LogP) is 16.0. The van der Waals surface area contributed by atoms with Gasteiger partial charge in [-0.25, -0.2) is 0 Å². The lowest BCUT2D eigenvalue weighted by Crippen LogP contribution is -2.53. The highest BCUT2D eigenvalue weighted by Gasteiger charge is 2.30. The van der Waals surface area contributed by atoms with E-state index in [1.807, 2.05) is 0 Å². The molecule has 13 saturated heterocycles. The first-order valence-electron chi connectivity index (χ1n) is 53.8. The Morgan fingerprint density at radius 2 is 0.674 bits per heavy atom. The molecule has 1 unspecified atom stereocenters. The fourth-order valence-corrected chi connectivity index (χ4v) is 19.5. The lowest BCUT2D eigenvalue weighted by atomic mass is 9.98. The molecule has 0 aromatic carbocycles. The molecule has 13 fully saturated rings. The molecule has 129 heavy (non-hydrogen) atoms. The van der Waals surface area contributed by atoms with Crippen LogP contribution in [0.1, 0.15) is 311 Å². The Morgan fingerprint density at radius 1 is 0.341 bits per heavy atom. The number of likely N-dealkylation sites (N-methyl/N-ethyl adjacent to an activating group) is 4. The molecule has 0 aromatic heterocycles. The number of thioether (sulfide) groups is 1. The van der Waals surface area contributed by atoms with E-state index in [2.05, 4.69) is 331 Å². The molecule has 22 nitrogen and oxygen atoms in total. The SMILES string of the molecule is CC(C)(C)N1CCCC1.CC(C)N1CCC(=O)CC1.CC(C)N1CCCCC1.CC(C)N1CCCCC1C.CC(C)N1CCC[C@H]1CO.CC(C)N1CCN(C)CC1.CC(C)N1CCN(C)CC1.CC(C)N1CCOCC1.CC(C)N1CCO[C@@H](O)C1.CC(C)N1CCSCC1.CC1CCN(C(C)C)CC1.CCN1CCN(C(C)(C)C)CC1.CCN1CCN(C(C)C)CC1. The van der Waals surface area contributed by atoms with E-state index in [0.29, 0.717) is 66.8 Å². The second-order valence-corrected chi connectivity index (χ2v) is 45.7. The van der Waals surface area contributed by atoms with Gasteiger partial charge in [0.1, 0.15) is 5.78 Å². The number of hydrogen-bond acceptors (Lipinski definition) is 23. The lowest BCUT2D eigenvalue weighted by Gasteiger charge is -2.42. The first-order chi connectivity index (χ1) is 60.8. The van der Waals surface area contributed by atoms with Crippen molar-refractivity contribution >= 4 is 17.5 Å². The fourth-order valence-electron chi connectivity index (χ4n) is 18.6. The highest BCUT2D eigenvalue weighted by molar-refractivity contribution is 7.99. The van der Waals surface area contributed by atoms with Crippen molar-refractivity contribution in [2.75, 3.05) is 275 Å². The number of rotatable bonds is 14. The minimum Gasteiger partial charge on any atom is -0.395 e. The quantitative estimate of drug-likeness (QED) is 0.171. The van der Waals surface area contributed by atoms with Crippen LogP contribution in [0.25, 0.3) is 0 Å². The molecular formula is C106H227N17O5S. The number of β-amino-alcohol motifs (C(OH)–C–C–N with tert-alkyl or cyclic N) is 1. The van der Waals surface area contributed by atoms with Crippen LogP contribution < -0.4 is 0 Å². The maximum absolute atomic E-state index is 10.8. The van der Waals surface area contributed by atoms with Gasteiger partial charge in [-0.1, -0.05) is 33.6 Å². The molecule has 3 atom stereocenters. The average molecular weight is 1850 g/mol. The summed E-state index contributed by atoms with van der Waals surface area (Å²) in [6.07, 6.45) is 17.5. The molecule has 0 spiro atoms. The molecule has 13 aliphatic rings. The average Bonchev–Trinajstić information content (AvgIpc) is 1.78. The van der Waals surface area contributed by atoms with Crippen molar-refractivity contribution in [3.8, 4) is 0 Å². The van der Waals surface area contributed by atoms with Gasteiger partial charge >= 0.3 is 0 Å². The molecule has 772 valence electrons. The van der Waals surface area contributed by atoms with Crippen LogP contribution in [0.2, 0.25) is 0 Å². The number of nitrogens with zero attached hydrogens (tertiary/aromatic N) is 17. The standard InChI is InChI=1S/C10H22N2.C9H20N2.2C9H19N.2C8H18N2.C8H15NO.C8H17NO.2C8H17N.C7H15NO2.C7H15NO.C7H15NS/c1-5-11-6-8-12(9-7-11)10(2,3)4;1-4-10-5-7-11(8-6-10)9(2)3;1-8(2)10-6-4-9(3)5-7-10;1-8(2)10-7-5-4-6-9(10)3;2*1-8(2)10-6-4-9(3)5-7-10;1-7(2)9-5-3-8(10)4-6-9;1-7(2)9-5-3-4-8(9)6-10;1-8(2,3)9-6-4-5-7-9;1-8(2)9-6-4-3-5-7-9;1-6(2)8-3-4-10-7(9)5-8;2*1-7(2)8-3-5-9-6-4-8/h5-9H2,1-4H3;9H,4-8H2,1-3H3;2*8-9H,4-7H2,1-3H3;2*8H,4-7H2,1-3H3;7H,3-6H2,1-2H3;7-8,10H,3-6H2,1-2H3;4-7H2,1-3H3;8H,3-7H2,1-2H3;6-7,9H,3-5H2,1-2H3;2*7H,3-6H2,1-2H3/t;;;;;;;8-;;;7-;;/m.......0..1../s1. The molecule has 0 bridgehead atoms. The predicted molar refractivity (Wildman–Crippen MR) is 565 cm³/mol. The number of morpholine rings is 2. The van der Waals surface area contributed by atoms with Crippen molar-refractivity contribution in [3.05, 3.63) is 0 Å². The monoisotopic (exact) mass is 1850 g/mol. The Kier molecular flexibility index (Phi) is 70.9. The Labute approximate surface area is 808 Å². The van der Waals surface area contributed by atoms with E-state index < -0.39 is 6.29 Å². The van der Waals surface area contributed by atoms with E-state index in [9.17, 15) is 4.79 Å². The topological polar surface area (TPSA) is 131 Å². The third kappa shape index (κ3) is 59.4. The molecule has 0 amide bonds. The first kappa shape index (κ1) is 126. The summed E-state index contributed by atoms with van der Waals surface area (Å²) >= 11 is 2.07. The second kappa shape index (κ2) is 72.4. The minimum absolute atomic E-state index is 0.332. The largest absolute Gasteiger partial charge is 0.395 e. The molecule has 0 radical (unpaired) electrons. The van der Waals surface area contributed by atoms with Crippen LogP contribution in [0.5, 0.6) is 0 Å². The van der Waals surface area contributed by atoms with Gasteiger partial charge in [0, 0.05) is 271 Å². The number of piperidine rings is 4. The molecule has 2 N–H and O–H groups in total. The van der Waals surface area contributed by atoms with Crippen molar-refractivity contribution in [3.63, 3.8) is 0 Å². The van der Waals surface area contributed by atoms with Crippen LogP contribution in [0.4, 0.5) is 0 Å². The number of ether oxygens (including phenoxy) is 2. The Balaban J connectivity index is 0.000000699. The van der Waals surface area contributed by atoms with Gasteiger partial charge in [0.05, 0.1) is 26.4 Å². The zero-order chi connectivity index (χ0) is 97.4. The van der Waals surface area contributed by atoms with Gasteiger partial charge < -0.3 is 54.0 Å². The van der Waals surface area contributed by atoms with E-state index in [1.54, 1.807) is 0 Å². The third-order valence-electron chi connectivity index (χ3n) is 28.9. The van der Waals surface area contributed by atoms with Crippen LogP contribution >= 0.6 is 11.8 Å². The number of aliphatic hydroxyl groups excluding tert-OH is 2. The number of hydrogen-bond donors (Lipinski definition) is 2. The molecule has 13 heterocycles. The second-order valence-electron chi connectivity index (χ2n) is 44.4. The van der Waals surface area contributed by atoms with Crippen LogP contribution in [0.15, 0.2) is 0 Å². The highest BCUT2D eigenvalue weighted by Crippen LogP contribution is 2.24. The third-order valence-corrected chi connectivity index (χ3v) is 29.8. The Bertz CT molecular complexity index is 2410. The molecule has 0 saturated carbocycles. The maximum Gasteiger partial charge on any atom is 0.167 e. The van der Waals surface area contributed by atoms with Gasteiger partial charge in [0.2, 0.25) is 0 Å². The summed E-state index contributed by atoms with van der Waals surface area (Å²) in [5.41, 5.74) is 0.774. The number of ketones is 1. The van der Waals surface area contributed by atoms with Crippen molar-refractivity contribution < 1.29 is 24.5 Å². The van der Waals surface area contributed by atoms with Crippen molar-refractivity contribution in [1.82, 2.24) is 83.3 Å². The van der Waals surface area contributed by atoms with Gasteiger partial charge in [0.25, 0.3) is 0 Å². The summed E-state index contributed by atoms with van der Waals surface area (Å²) in [4.78, 5) is 53.0. The molecule has 0 aromatic rings. The molecule has 13 rings (SSSR count). The van der Waals surface area contributed by atoms with E-state index in [-0.39, 0.29) is 0 Å². The smallest absolute Gasteiger partial charge is 0.167 e. The number of carbonyl (C=O) groups excluding carboxylic acids is 1. The van der Waals surface area contributed by atoms with Gasteiger partial charge in [-0.2, -0.15) is 11.8 Å². The normalized spacial score (nSPS) is 24.6. The minimum atomic E-state index is -0.573. The number of carbonyl (C=O) groups is 1. The highest BCUT2D eigenvalue weighted by atomic mass is 32.2. The lowest BCUT2D eigenvalue weighted by molar-refractivity contribution is -0.150. The fraction of sp³-hybridized carbons (Fsp3) is 0.991. The van der Waals surface area contributed by atoms with E-state index in [4.69, 9.17) is 19.7 Å². The number of piperazine rings is 4. The summed E-state index contributed by atoms with van der Waals surface area (Å²) in [6, 6.07) is 8.89. The molecule has 13 aliphatic heterocycles. The number of likely N-dealkylation sites (tertiary alicyclic amines) is 6. The van der Waals surface area contributed by atoms with Gasteiger partial charge in [-0.05, 0) is 350 Å². The Morgan fingerprint density at radius 3 is 0.992 bits per heavy atom. The summed E-state index contributed by atoms with van der Waals surface area (Å²) < 4.78 is 10.2. The van der Waals surface area contributed by atoms with Crippen LogP contribution in [-0.4, -0.2) is 470 Å². The van der Waals surface area contributed by atoms with Crippen LogP contribution in [0.3, 0.4) is 0 Å². The molecule has 0 aliphatic carbocycles. The van der Waals surface area contributed by atoms with E-state index >= 15 is 0 Å². The summed E-state index contributed by atoms with van der Waals surface area (Å²) in [5, 5.41) is 18.0. The zero-order valence-electron chi connectivity index (χ0n) is 92.5. The van der Waals surface area contributed by atoms with E-state index in [0.717, 1.165) is 113 Å². The van der Waals surface area contributed by atoms with Crippen molar-refractivity contribution in [1.29, 1.82) is 0 Å². The molecular weight excluding hydrogens is 1620 g/mol. The van der Waals surface area contributed by atoms with Crippen molar-refractivity contribution in [2.45, 2.75) is 407 Å². The first-order valence-corrected chi connectivity index (χ1v) is 55.0. The van der Waals surface area contributed by atoms with Gasteiger partial charge in [-0.15, -0.1) is 0 Å². The van der Waals surface area contributed by atoms with Crippen molar-refractivity contribution in [2.24, 2.45) is 5.92 Å². The summed E-state index contributed by atoms with van der Waals surface area (Å²) in [7, 11) is 4.38. The molecule has 23 heteroatoms.